The van der Waals surface area contributed by atoms with E-state index in [1.165, 1.54) is 12.8 Å². The third kappa shape index (κ3) is 2.42. The summed E-state index contributed by atoms with van der Waals surface area (Å²) in [4.78, 5) is 9.30. The molecule has 0 aliphatic heterocycles. The van der Waals surface area contributed by atoms with Crippen LogP contribution in [-0.2, 0) is 0 Å². The number of thiophene rings is 1. The van der Waals surface area contributed by atoms with Crippen molar-refractivity contribution in [1.82, 2.24) is 9.97 Å². The first-order chi connectivity index (χ1) is 8.78. The van der Waals surface area contributed by atoms with Crippen molar-refractivity contribution in [3.63, 3.8) is 0 Å². The maximum absolute atomic E-state index is 4.71. The predicted octanol–water partition coefficient (Wildman–Crippen LogP) is 4.28. The van der Waals surface area contributed by atoms with Crippen LogP contribution in [0.2, 0.25) is 0 Å². The SMILES string of the molecule is CCNc1cc(-c2cscc2Br)nc(C2CC2)n1. The van der Waals surface area contributed by atoms with Crippen LogP contribution in [0.3, 0.4) is 0 Å². The fraction of sp³-hybridized carbons (Fsp3) is 0.385. The molecule has 0 saturated heterocycles. The average molecular weight is 324 g/mol. The van der Waals surface area contributed by atoms with Crippen molar-refractivity contribution < 1.29 is 0 Å². The molecule has 0 bridgehead atoms. The second kappa shape index (κ2) is 4.97. The summed E-state index contributed by atoms with van der Waals surface area (Å²) in [5, 5.41) is 7.50. The zero-order chi connectivity index (χ0) is 12.5. The molecular weight excluding hydrogens is 310 g/mol. The van der Waals surface area contributed by atoms with E-state index >= 15 is 0 Å². The molecule has 3 rings (SSSR count). The highest BCUT2D eigenvalue weighted by Gasteiger charge is 2.27. The molecule has 0 atom stereocenters. The molecule has 1 saturated carbocycles. The molecule has 0 amide bonds. The first-order valence-electron chi connectivity index (χ1n) is 6.13. The van der Waals surface area contributed by atoms with Gasteiger partial charge in [-0.05, 0) is 35.7 Å². The van der Waals surface area contributed by atoms with Gasteiger partial charge in [-0.1, -0.05) is 0 Å². The third-order valence-electron chi connectivity index (χ3n) is 2.93. The predicted molar refractivity (Wildman–Crippen MR) is 79.2 cm³/mol. The summed E-state index contributed by atoms with van der Waals surface area (Å²) >= 11 is 5.26. The molecule has 5 heteroatoms. The van der Waals surface area contributed by atoms with E-state index in [-0.39, 0.29) is 0 Å². The van der Waals surface area contributed by atoms with Crippen LogP contribution in [-0.4, -0.2) is 16.5 Å². The van der Waals surface area contributed by atoms with Gasteiger partial charge in [-0.25, -0.2) is 9.97 Å². The minimum Gasteiger partial charge on any atom is -0.370 e. The summed E-state index contributed by atoms with van der Waals surface area (Å²) in [6, 6.07) is 2.03. The Kier molecular flexibility index (Phi) is 3.35. The quantitative estimate of drug-likeness (QED) is 0.912. The van der Waals surface area contributed by atoms with Crippen LogP contribution < -0.4 is 5.32 Å². The lowest BCUT2D eigenvalue weighted by molar-refractivity contribution is 0.927. The molecule has 1 aliphatic carbocycles. The smallest absolute Gasteiger partial charge is 0.134 e. The standard InChI is InChI=1S/C13H14BrN3S/c1-2-15-12-5-11(9-6-18-7-10(9)14)16-13(17-12)8-3-4-8/h5-8H,2-4H2,1H3,(H,15,16,17). The molecule has 0 aromatic carbocycles. The summed E-state index contributed by atoms with van der Waals surface area (Å²) < 4.78 is 1.11. The van der Waals surface area contributed by atoms with Gasteiger partial charge in [0.2, 0.25) is 0 Å². The Morgan fingerprint density at radius 3 is 2.83 bits per heavy atom. The number of nitrogens with one attached hydrogen (secondary N) is 1. The van der Waals surface area contributed by atoms with Crippen molar-refractivity contribution in [2.75, 3.05) is 11.9 Å². The maximum Gasteiger partial charge on any atom is 0.134 e. The zero-order valence-electron chi connectivity index (χ0n) is 10.1. The molecule has 1 fully saturated rings. The highest BCUT2D eigenvalue weighted by Crippen LogP contribution is 2.40. The lowest BCUT2D eigenvalue weighted by Gasteiger charge is -2.08. The Hall–Kier alpha value is -0.940. The number of aromatic nitrogens is 2. The van der Waals surface area contributed by atoms with E-state index in [0.717, 1.165) is 33.9 Å². The van der Waals surface area contributed by atoms with Crippen LogP contribution >= 0.6 is 27.3 Å². The minimum absolute atomic E-state index is 0.569. The van der Waals surface area contributed by atoms with E-state index in [9.17, 15) is 0 Å². The fourth-order valence-electron chi connectivity index (χ4n) is 1.86. The number of halogens is 1. The van der Waals surface area contributed by atoms with E-state index in [2.05, 4.69) is 43.9 Å². The van der Waals surface area contributed by atoms with Gasteiger partial charge in [0.05, 0.1) is 5.69 Å². The summed E-state index contributed by atoms with van der Waals surface area (Å²) in [6.07, 6.45) is 2.44. The molecule has 1 aliphatic rings. The van der Waals surface area contributed by atoms with Crippen molar-refractivity contribution in [3.05, 3.63) is 27.1 Å². The van der Waals surface area contributed by atoms with Gasteiger partial charge in [-0.15, -0.1) is 0 Å². The molecule has 2 aromatic rings. The largest absolute Gasteiger partial charge is 0.370 e. The Morgan fingerprint density at radius 2 is 2.22 bits per heavy atom. The molecule has 18 heavy (non-hydrogen) atoms. The molecule has 1 N–H and O–H groups in total. The van der Waals surface area contributed by atoms with Gasteiger partial charge in [0.25, 0.3) is 0 Å². The number of anilines is 1. The van der Waals surface area contributed by atoms with Crippen molar-refractivity contribution in [1.29, 1.82) is 0 Å². The lowest BCUT2D eigenvalue weighted by atomic mass is 10.2. The highest BCUT2D eigenvalue weighted by molar-refractivity contribution is 9.10. The van der Waals surface area contributed by atoms with Crippen LogP contribution in [0.25, 0.3) is 11.3 Å². The third-order valence-corrected chi connectivity index (χ3v) is 4.64. The van der Waals surface area contributed by atoms with Gasteiger partial charge >= 0.3 is 0 Å². The van der Waals surface area contributed by atoms with Crippen LogP contribution in [0.1, 0.15) is 31.5 Å². The molecule has 0 spiro atoms. The second-order valence-electron chi connectivity index (χ2n) is 4.43. The Labute approximate surface area is 119 Å². The minimum atomic E-state index is 0.569. The first kappa shape index (κ1) is 12.1. The average Bonchev–Trinajstić information content (AvgIpc) is 3.12. The van der Waals surface area contributed by atoms with E-state index in [1.807, 2.05) is 6.07 Å². The van der Waals surface area contributed by atoms with Gasteiger partial charge in [-0.2, -0.15) is 11.3 Å². The molecule has 2 heterocycles. The van der Waals surface area contributed by atoms with Gasteiger partial charge in [-0.3, -0.25) is 0 Å². The Balaban J connectivity index is 2.04. The van der Waals surface area contributed by atoms with E-state index < -0.39 is 0 Å². The molecule has 3 nitrogen and oxygen atoms in total. The highest BCUT2D eigenvalue weighted by atomic mass is 79.9. The van der Waals surface area contributed by atoms with Crippen LogP contribution in [0, 0.1) is 0 Å². The summed E-state index contributed by atoms with van der Waals surface area (Å²) in [6.45, 7) is 2.96. The molecule has 2 aromatic heterocycles. The summed E-state index contributed by atoms with van der Waals surface area (Å²) in [7, 11) is 0. The van der Waals surface area contributed by atoms with Crippen molar-refractivity contribution >= 4 is 33.1 Å². The van der Waals surface area contributed by atoms with Crippen LogP contribution in [0.5, 0.6) is 0 Å². The number of hydrogen-bond donors (Lipinski definition) is 1. The van der Waals surface area contributed by atoms with Gasteiger partial charge < -0.3 is 5.32 Å². The zero-order valence-corrected chi connectivity index (χ0v) is 12.5. The molecular formula is C13H14BrN3S. The monoisotopic (exact) mass is 323 g/mol. The summed E-state index contributed by atoms with van der Waals surface area (Å²) in [5.41, 5.74) is 2.17. The second-order valence-corrected chi connectivity index (χ2v) is 6.03. The van der Waals surface area contributed by atoms with E-state index in [1.54, 1.807) is 11.3 Å². The van der Waals surface area contributed by atoms with E-state index in [0.29, 0.717) is 5.92 Å². The molecule has 94 valence electrons. The topological polar surface area (TPSA) is 37.8 Å². The molecule has 0 unspecified atom stereocenters. The Morgan fingerprint density at radius 1 is 1.39 bits per heavy atom. The van der Waals surface area contributed by atoms with Crippen LogP contribution in [0.15, 0.2) is 21.3 Å². The summed E-state index contributed by atoms with van der Waals surface area (Å²) in [5.74, 6) is 2.49. The number of rotatable bonds is 4. The number of hydrogen-bond acceptors (Lipinski definition) is 4. The van der Waals surface area contributed by atoms with Crippen LogP contribution in [0.4, 0.5) is 5.82 Å². The fourth-order valence-corrected chi connectivity index (χ4v) is 3.36. The van der Waals surface area contributed by atoms with Gasteiger partial charge in [0, 0.05) is 39.3 Å². The first-order valence-corrected chi connectivity index (χ1v) is 7.86. The normalized spacial score (nSPS) is 14.8. The van der Waals surface area contributed by atoms with E-state index in [4.69, 9.17) is 4.98 Å². The van der Waals surface area contributed by atoms with Gasteiger partial charge in [0.15, 0.2) is 0 Å². The lowest BCUT2D eigenvalue weighted by Crippen LogP contribution is -2.04. The van der Waals surface area contributed by atoms with Crippen molar-refractivity contribution in [2.45, 2.75) is 25.7 Å². The van der Waals surface area contributed by atoms with Crippen molar-refractivity contribution in [3.8, 4) is 11.3 Å². The van der Waals surface area contributed by atoms with Gasteiger partial charge in [0.1, 0.15) is 11.6 Å². The van der Waals surface area contributed by atoms with Crippen molar-refractivity contribution in [2.24, 2.45) is 0 Å². The molecule has 0 radical (unpaired) electrons. The number of nitrogens with zero attached hydrogens (tertiary/aromatic N) is 2. The Bertz CT molecular complexity index is 563. The maximum atomic E-state index is 4.71.